The second-order valence-electron chi connectivity index (χ2n) is 5.19. The van der Waals surface area contributed by atoms with E-state index in [0.717, 1.165) is 25.7 Å². The molecule has 1 saturated carbocycles. The van der Waals surface area contributed by atoms with Crippen LogP contribution in [0.1, 0.15) is 25.7 Å². The Kier molecular flexibility index (Phi) is 4.03. The summed E-state index contributed by atoms with van der Waals surface area (Å²) in [6.45, 7) is 0.327. The van der Waals surface area contributed by atoms with Gasteiger partial charge in [-0.25, -0.2) is 9.97 Å². The maximum Gasteiger partial charge on any atom is 0.353 e. The predicted octanol–water partition coefficient (Wildman–Crippen LogP) is 1.17. The van der Waals surface area contributed by atoms with E-state index < -0.39 is 10.5 Å². The van der Waals surface area contributed by atoms with Crippen LogP contribution in [0.5, 0.6) is 0 Å². The topological polar surface area (TPSA) is 104 Å². The van der Waals surface area contributed by atoms with Crippen molar-refractivity contribution in [3.63, 3.8) is 0 Å². The molecule has 2 N–H and O–H groups in total. The normalized spacial score (nSPS) is 16.9. The van der Waals surface area contributed by atoms with E-state index >= 15 is 0 Å². The third kappa shape index (κ3) is 2.79. The lowest BCUT2D eigenvalue weighted by Crippen LogP contribution is -2.39. The number of nitrogens with one attached hydrogen (secondary N) is 1. The second-order valence-corrected chi connectivity index (χ2v) is 5.19. The Hall–Kier alpha value is -1.96. The van der Waals surface area contributed by atoms with E-state index in [1.807, 2.05) is 0 Å². The summed E-state index contributed by atoms with van der Waals surface area (Å²) in [7, 11) is 3.27. The molecule has 0 unspecified atom stereocenters. The van der Waals surface area contributed by atoms with Crippen LogP contribution in [0.3, 0.4) is 0 Å². The van der Waals surface area contributed by atoms with Crippen molar-refractivity contribution < 1.29 is 10.0 Å². The standard InChI is InChI=1S/C12H19N5O3/c1-13-10-9(17(19)20)11(15-8-14-10)16(2)7-12(18)5-3-4-6-12/h8,18H,3-7H2,1-2H3,(H,13,14,15). The number of nitrogens with zero attached hydrogens (tertiary/aromatic N) is 4. The van der Waals surface area contributed by atoms with Crippen LogP contribution in [0.4, 0.5) is 17.3 Å². The van der Waals surface area contributed by atoms with Crippen LogP contribution < -0.4 is 10.2 Å². The van der Waals surface area contributed by atoms with Crippen molar-refractivity contribution in [2.45, 2.75) is 31.3 Å². The third-order valence-corrected chi connectivity index (χ3v) is 3.65. The molecule has 0 saturated heterocycles. The molecule has 1 aliphatic rings. The molecular weight excluding hydrogens is 262 g/mol. The molecule has 0 aliphatic heterocycles. The summed E-state index contributed by atoms with van der Waals surface area (Å²) in [5, 5.41) is 24.3. The summed E-state index contributed by atoms with van der Waals surface area (Å²) in [5.74, 6) is 0.389. The summed E-state index contributed by atoms with van der Waals surface area (Å²) in [6.07, 6.45) is 4.68. The fourth-order valence-electron chi connectivity index (χ4n) is 2.71. The van der Waals surface area contributed by atoms with E-state index in [1.54, 1.807) is 19.0 Å². The number of likely N-dealkylation sites (N-methyl/N-ethyl adjacent to an activating group) is 1. The van der Waals surface area contributed by atoms with Crippen molar-refractivity contribution in [2.75, 3.05) is 30.9 Å². The molecular formula is C12H19N5O3. The van der Waals surface area contributed by atoms with Crippen molar-refractivity contribution >= 4 is 17.3 Å². The van der Waals surface area contributed by atoms with Gasteiger partial charge in [0.25, 0.3) is 0 Å². The van der Waals surface area contributed by atoms with Gasteiger partial charge < -0.3 is 15.3 Å². The molecule has 2 rings (SSSR count). The average Bonchev–Trinajstić information content (AvgIpc) is 2.83. The van der Waals surface area contributed by atoms with E-state index in [9.17, 15) is 15.2 Å². The quantitative estimate of drug-likeness (QED) is 0.616. The van der Waals surface area contributed by atoms with Gasteiger partial charge >= 0.3 is 5.69 Å². The molecule has 20 heavy (non-hydrogen) atoms. The minimum Gasteiger partial charge on any atom is -0.388 e. The molecule has 0 aromatic carbocycles. The Bertz CT molecular complexity index is 502. The lowest BCUT2D eigenvalue weighted by Gasteiger charge is -2.29. The van der Waals surface area contributed by atoms with Crippen LogP contribution in [0.25, 0.3) is 0 Å². The maximum atomic E-state index is 11.2. The number of hydrogen-bond acceptors (Lipinski definition) is 7. The van der Waals surface area contributed by atoms with Crippen LogP contribution in [-0.2, 0) is 0 Å². The highest BCUT2D eigenvalue weighted by Gasteiger charge is 2.34. The van der Waals surface area contributed by atoms with Crippen LogP contribution in [-0.4, -0.2) is 46.2 Å². The maximum absolute atomic E-state index is 11.2. The number of hydrogen-bond donors (Lipinski definition) is 2. The lowest BCUT2D eigenvalue weighted by atomic mass is 10.0. The van der Waals surface area contributed by atoms with E-state index in [-0.39, 0.29) is 17.3 Å². The van der Waals surface area contributed by atoms with Gasteiger partial charge in [0.2, 0.25) is 11.6 Å². The Morgan fingerprint density at radius 1 is 1.50 bits per heavy atom. The minimum absolute atomic E-state index is 0.168. The average molecular weight is 281 g/mol. The number of aliphatic hydroxyl groups is 1. The van der Waals surface area contributed by atoms with Gasteiger partial charge in [0.1, 0.15) is 6.33 Å². The number of anilines is 2. The predicted molar refractivity (Wildman–Crippen MR) is 74.9 cm³/mol. The van der Waals surface area contributed by atoms with Gasteiger partial charge in [-0.15, -0.1) is 0 Å². The molecule has 1 aromatic heterocycles. The zero-order chi connectivity index (χ0) is 14.8. The first-order valence-electron chi connectivity index (χ1n) is 6.57. The molecule has 8 heteroatoms. The molecule has 0 spiro atoms. The summed E-state index contributed by atoms with van der Waals surface area (Å²) in [5.41, 5.74) is -0.952. The molecule has 0 bridgehead atoms. The van der Waals surface area contributed by atoms with Crippen molar-refractivity contribution in [1.82, 2.24) is 9.97 Å². The monoisotopic (exact) mass is 281 g/mol. The van der Waals surface area contributed by atoms with E-state index in [0.29, 0.717) is 6.54 Å². The Morgan fingerprint density at radius 2 is 2.15 bits per heavy atom. The van der Waals surface area contributed by atoms with Crippen LogP contribution in [0, 0.1) is 10.1 Å². The Morgan fingerprint density at radius 3 is 2.70 bits per heavy atom. The van der Waals surface area contributed by atoms with Gasteiger partial charge in [0.05, 0.1) is 10.5 Å². The molecule has 0 atom stereocenters. The SMILES string of the molecule is CNc1ncnc(N(C)CC2(O)CCCC2)c1[N+](=O)[O-]. The van der Waals surface area contributed by atoms with Gasteiger partial charge in [-0.2, -0.15) is 0 Å². The summed E-state index contributed by atoms with van der Waals surface area (Å²) in [6, 6.07) is 0. The van der Waals surface area contributed by atoms with E-state index in [1.165, 1.54) is 6.33 Å². The van der Waals surface area contributed by atoms with Gasteiger partial charge in [-0.3, -0.25) is 10.1 Å². The molecule has 8 nitrogen and oxygen atoms in total. The number of rotatable bonds is 5. The molecule has 1 aliphatic carbocycles. The van der Waals surface area contributed by atoms with Crippen LogP contribution >= 0.6 is 0 Å². The lowest BCUT2D eigenvalue weighted by molar-refractivity contribution is -0.383. The molecule has 1 heterocycles. The molecule has 110 valence electrons. The summed E-state index contributed by atoms with van der Waals surface area (Å²) in [4.78, 5) is 20.2. The number of aromatic nitrogens is 2. The highest BCUT2D eigenvalue weighted by molar-refractivity contribution is 5.69. The third-order valence-electron chi connectivity index (χ3n) is 3.65. The largest absolute Gasteiger partial charge is 0.388 e. The molecule has 1 aromatic rings. The summed E-state index contributed by atoms with van der Waals surface area (Å²) >= 11 is 0. The first-order valence-corrected chi connectivity index (χ1v) is 6.57. The molecule has 1 fully saturated rings. The second kappa shape index (κ2) is 5.58. The fourth-order valence-corrected chi connectivity index (χ4v) is 2.71. The zero-order valence-corrected chi connectivity index (χ0v) is 11.7. The van der Waals surface area contributed by atoms with Gasteiger partial charge in [0.15, 0.2) is 0 Å². The van der Waals surface area contributed by atoms with Crippen molar-refractivity contribution in [3.8, 4) is 0 Å². The van der Waals surface area contributed by atoms with Gasteiger partial charge in [0, 0.05) is 20.6 Å². The van der Waals surface area contributed by atoms with Crippen molar-refractivity contribution in [1.29, 1.82) is 0 Å². The Labute approximate surface area is 117 Å². The van der Waals surface area contributed by atoms with E-state index in [4.69, 9.17) is 0 Å². The minimum atomic E-state index is -0.784. The first-order chi connectivity index (χ1) is 9.47. The van der Waals surface area contributed by atoms with Crippen LogP contribution in [0.2, 0.25) is 0 Å². The van der Waals surface area contributed by atoms with Gasteiger partial charge in [-0.1, -0.05) is 12.8 Å². The highest BCUT2D eigenvalue weighted by atomic mass is 16.6. The summed E-state index contributed by atoms with van der Waals surface area (Å²) < 4.78 is 0. The molecule has 0 amide bonds. The van der Waals surface area contributed by atoms with Crippen molar-refractivity contribution in [2.24, 2.45) is 0 Å². The van der Waals surface area contributed by atoms with Gasteiger partial charge in [-0.05, 0) is 12.8 Å². The zero-order valence-electron chi connectivity index (χ0n) is 11.7. The smallest absolute Gasteiger partial charge is 0.353 e. The molecule has 0 radical (unpaired) electrons. The highest BCUT2D eigenvalue weighted by Crippen LogP contribution is 2.34. The Balaban J connectivity index is 2.29. The van der Waals surface area contributed by atoms with Crippen LogP contribution in [0.15, 0.2) is 6.33 Å². The van der Waals surface area contributed by atoms with E-state index in [2.05, 4.69) is 15.3 Å². The first kappa shape index (κ1) is 14.4. The fraction of sp³-hybridized carbons (Fsp3) is 0.667. The number of nitro groups is 1. The van der Waals surface area contributed by atoms with Crippen molar-refractivity contribution in [3.05, 3.63) is 16.4 Å².